The molecule has 0 radical (unpaired) electrons. The Balaban J connectivity index is 0. The number of hydrogen-bond donors (Lipinski definition) is 2. The summed E-state index contributed by atoms with van der Waals surface area (Å²) in [6.07, 6.45) is 6.15. The topological polar surface area (TPSA) is 47.5 Å². The van der Waals surface area contributed by atoms with Crippen LogP contribution in [0.4, 0.5) is 0 Å². The summed E-state index contributed by atoms with van der Waals surface area (Å²) in [5, 5.41) is 14.6. The minimum atomic E-state index is -0.155. The zero-order valence-corrected chi connectivity index (χ0v) is 14.3. The second-order valence-corrected chi connectivity index (χ2v) is 4.24. The number of thiol groups is 1. The van der Waals surface area contributed by atoms with Crippen LogP contribution in [0.1, 0.15) is 45.4 Å². The van der Waals surface area contributed by atoms with Crippen LogP contribution in [-0.4, -0.2) is 10.2 Å². The summed E-state index contributed by atoms with van der Waals surface area (Å²) in [5.74, 6) is -0.155. The van der Waals surface area contributed by atoms with Crippen molar-refractivity contribution >= 4 is 35.1 Å². The minimum Gasteiger partial charge on any atom is -0.860 e. The number of thiocarbonyl (C=S) groups is 1. The monoisotopic (exact) mass is 272 g/mol. The van der Waals surface area contributed by atoms with Gasteiger partial charge in [0.2, 0.25) is 0 Å². The molecule has 0 aromatic rings. The maximum absolute atomic E-state index is 11.1. The van der Waals surface area contributed by atoms with Gasteiger partial charge in [0.15, 0.2) is 4.32 Å². The van der Waals surface area contributed by atoms with Gasteiger partial charge in [-0.3, -0.25) is 5.43 Å². The smallest absolute Gasteiger partial charge is 0.860 e. The van der Waals surface area contributed by atoms with E-state index in [1.807, 2.05) is 0 Å². The number of unbranched alkanes of at least 4 members (excludes halogenated alkanes) is 4. The van der Waals surface area contributed by atoms with Crippen molar-refractivity contribution in [1.29, 1.82) is 0 Å². The number of hydrazone groups is 1. The summed E-state index contributed by atoms with van der Waals surface area (Å²) < 4.78 is 0.226. The Hall–Kier alpha value is 1.35. The van der Waals surface area contributed by atoms with Gasteiger partial charge >= 0.3 is 51.4 Å². The first kappa shape index (κ1) is 18.7. The molecule has 3 nitrogen and oxygen atoms in total. The van der Waals surface area contributed by atoms with E-state index in [9.17, 15) is 5.11 Å². The Morgan fingerprint density at radius 3 is 2.47 bits per heavy atom. The third-order valence-electron chi connectivity index (χ3n) is 1.77. The summed E-state index contributed by atoms with van der Waals surface area (Å²) in [4.78, 5) is 0. The number of nitrogens with one attached hydrogen (secondary N) is 1. The van der Waals surface area contributed by atoms with E-state index in [2.05, 4.69) is 42.3 Å². The van der Waals surface area contributed by atoms with E-state index in [0.29, 0.717) is 6.42 Å². The first-order valence-corrected chi connectivity index (χ1v) is 5.75. The second-order valence-electron chi connectivity index (χ2n) is 3.09. The van der Waals surface area contributed by atoms with Crippen LogP contribution in [-0.2, 0) is 0 Å². The molecule has 0 atom stereocenters. The average Bonchev–Trinajstić information content (AvgIpc) is 2.14. The molecule has 0 heterocycles. The SMILES string of the molecule is CCCCCCCC([O-])=NNC(=S)S.[K+]. The standard InChI is InChI=1S/C9H18N2OS2.K/c1-2-3-4-5-6-7-8(12)10-11-9(13)14;/h2-7H2,1H3,(H,10,12)(H2,11,13,14);/q;+1/p-1. The Morgan fingerprint density at radius 2 is 1.93 bits per heavy atom. The van der Waals surface area contributed by atoms with E-state index in [1.165, 1.54) is 19.3 Å². The molecule has 0 aliphatic carbocycles. The van der Waals surface area contributed by atoms with Crippen molar-refractivity contribution < 1.29 is 56.5 Å². The Labute approximate surface area is 145 Å². The first-order chi connectivity index (χ1) is 6.66. The molecule has 0 aliphatic rings. The van der Waals surface area contributed by atoms with Gasteiger partial charge in [0, 0.05) is 0 Å². The van der Waals surface area contributed by atoms with Gasteiger partial charge in [0.05, 0.1) is 0 Å². The van der Waals surface area contributed by atoms with Crippen molar-refractivity contribution in [2.24, 2.45) is 5.10 Å². The molecule has 15 heavy (non-hydrogen) atoms. The fraction of sp³-hybridized carbons (Fsp3) is 0.778. The molecule has 0 saturated carbocycles. The van der Waals surface area contributed by atoms with Crippen molar-refractivity contribution in [3.8, 4) is 0 Å². The average molecular weight is 272 g/mol. The first-order valence-electron chi connectivity index (χ1n) is 4.89. The van der Waals surface area contributed by atoms with E-state index in [1.54, 1.807) is 0 Å². The Kier molecular flexibility index (Phi) is 16.7. The molecule has 1 N–H and O–H groups in total. The van der Waals surface area contributed by atoms with Gasteiger partial charge in [-0.2, -0.15) is 5.10 Å². The van der Waals surface area contributed by atoms with Crippen LogP contribution in [0.5, 0.6) is 0 Å². The number of rotatable bonds is 7. The minimum absolute atomic E-state index is 0. The van der Waals surface area contributed by atoms with Gasteiger partial charge in [0.25, 0.3) is 0 Å². The summed E-state index contributed by atoms with van der Waals surface area (Å²) in [5.41, 5.74) is 2.37. The van der Waals surface area contributed by atoms with E-state index in [-0.39, 0.29) is 61.6 Å². The number of hydrogen-bond acceptors (Lipinski definition) is 3. The third kappa shape index (κ3) is 15.3. The van der Waals surface area contributed by atoms with Crippen molar-refractivity contribution in [1.82, 2.24) is 5.43 Å². The molecule has 0 fully saturated rings. The third-order valence-corrected chi connectivity index (χ3v) is 1.96. The summed E-state index contributed by atoms with van der Waals surface area (Å²) in [6.45, 7) is 2.16. The van der Waals surface area contributed by atoms with Gasteiger partial charge in [-0.1, -0.05) is 44.8 Å². The predicted octanol–water partition coefficient (Wildman–Crippen LogP) is -1.17. The number of nitrogens with zero attached hydrogens (tertiary/aromatic N) is 1. The van der Waals surface area contributed by atoms with Crippen LogP contribution in [0, 0.1) is 0 Å². The molecule has 0 aliphatic heterocycles. The molecule has 0 spiro atoms. The quantitative estimate of drug-likeness (QED) is 0.117. The molecule has 0 amide bonds. The van der Waals surface area contributed by atoms with Crippen LogP contribution >= 0.6 is 24.8 Å². The van der Waals surface area contributed by atoms with Crippen LogP contribution in [0.2, 0.25) is 0 Å². The largest absolute Gasteiger partial charge is 1.00 e. The molecule has 0 rings (SSSR count). The van der Waals surface area contributed by atoms with Gasteiger partial charge in [-0.25, -0.2) is 0 Å². The zero-order valence-electron chi connectivity index (χ0n) is 9.45. The summed E-state index contributed by atoms with van der Waals surface area (Å²) in [7, 11) is 0. The molecule has 0 saturated heterocycles. The molecule has 0 bridgehead atoms. The normalized spacial score (nSPS) is 10.7. The summed E-state index contributed by atoms with van der Waals surface area (Å²) >= 11 is 8.38. The fourth-order valence-electron chi connectivity index (χ4n) is 1.05. The van der Waals surface area contributed by atoms with Crippen LogP contribution in [0.3, 0.4) is 0 Å². The molecule has 0 aromatic heterocycles. The van der Waals surface area contributed by atoms with E-state index in [4.69, 9.17) is 0 Å². The maximum Gasteiger partial charge on any atom is 1.00 e. The van der Waals surface area contributed by atoms with Gasteiger partial charge in [-0.05, 0) is 18.7 Å². The van der Waals surface area contributed by atoms with Crippen LogP contribution in [0.15, 0.2) is 5.10 Å². The predicted molar refractivity (Wildman–Crippen MR) is 65.5 cm³/mol. The molecule has 0 unspecified atom stereocenters. The van der Waals surface area contributed by atoms with Crippen molar-refractivity contribution in [2.45, 2.75) is 45.4 Å². The Morgan fingerprint density at radius 1 is 1.33 bits per heavy atom. The maximum atomic E-state index is 11.1. The van der Waals surface area contributed by atoms with Crippen molar-refractivity contribution in [3.05, 3.63) is 0 Å². The van der Waals surface area contributed by atoms with Gasteiger partial charge in [-0.15, -0.1) is 12.6 Å². The van der Waals surface area contributed by atoms with Gasteiger partial charge < -0.3 is 5.11 Å². The van der Waals surface area contributed by atoms with Crippen molar-refractivity contribution in [3.63, 3.8) is 0 Å². The van der Waals surface area contributed by atoms with E-state index >= 15 is 0 Å². The molecular weight excluding hydrogens is 255 g/mol. The van der Waals surface area contributed by atoms with Crippen LogP contribution in [0.25, 0.3) is 0 Å². The molecule has 0 aromatic carbocycles. The zero-order chi connectivity index (χ0) is 10.8. The van der Waals surface area contributed by atoms with E-state index < -0.39 is 0 Å². The second kappa shape index (κ2) is 13.4. The summed E-state index contributed by atoms with van der Waals surface area (Å²) in [6, 6.07) is 0. The molecule has 82 valence electrons. The van der Waals surface area contributed by atoms with Crippen molar-refractivity contribution in [2.75, 3.05) is 0 Å². The van der Waals surface area contributed by atoms with Gasteiger partial charge in [0.1, 0.15) is 0 Å². The Bertz CT molecular complexity index is 201. The molecular formula is C9H17KN2OS2. The fourth-order valence-corrected chi connectivity index (χ4v) is 1.14. The van der Waals surface area contributed by atoms with Crippen LogP contribution < -0.4 is 61.9 Å². The molecule has 6 heteroatoms. The van der Waals surface area contributed by atoms with E-state index in [0.717, 1.165) is 12.8 Å².